The molecule has 0 aliphatic heterocycles. The number of aromatic nitrogens is 2. The van der Waals surface area contributed by atoms with Gasteiger partial charge in [0, 0.05) is 31.3 Å². The van der Waals surface area contributed by atoms with E-state index in [9.17, 15) is 5.11 Å². The summed E-state index contributed by atoms with van der Waals surface area (Å²) in [4.78, 5) is 4.00. The van der Waals surface area contributed by atoms with Gasteiger partial charge in [0.25, 0.3) is 0 Å². The molecule has 1 unspecified atom stereocenters. The SMILES string of the molecule is OC(c1ccn(Cc2ccncc2)c1)C1CC1. The standard InChI is InChI=1S/C14H16N2O/c17-14(12-1-2-12)13-5-8-16(10-13)9-11-3-6-15-7-4-11/h3-8,10,12,14,17H,1-2,9H2. The smallest absolute Gasteiger partial charge is 0.0832 e. The zero-order chi connectivity index (χ0) is 11.7. The lowest BCUT2D eigenvalue weighted by Gasteiger charge is -2.06. The molecule has 1 aliphatic carbocycles. The van der Waals surface area contributed by atoms with Crippen LogP contribution in [0.25, 0.3) is 0 Å². The summed E-state index contributed by atoms with van der Waals surface area (Å²) in [6.07, 6.45) is 9.74. The molecule has 3 heteroatoms. The summed E-state index contributed by atoms with van der Waals surface area (Å²) in [6.45, 7) is 0.833. The average molecular weight is 228 g/mol. The predicted octanol–water partition coefficient (Wildman–Crippen LogP) is 2.37. The Balaban J connectivity index is 1.72. The van der Waals surface area contributed by atoms with Crippen LogP contribution in [-0.2, 0) is 6.54 Å². The van der Waals surface area contributed by atoms with E-state index in [-0.39, 0.29) is 6.10 Å². The summed E-state index contributed by atoms with van der Waals surface area (Å²) in [5.74, 6) is 0.492. The van der Waals surface area contributed by atoms with Crippen LogP contribution < -0.4 is 0 Å². The second-order valence-electron chi connectivity index (χ2n) is 4.75. The Labute approximate surface area is 101 Å². The monoisotopic (exact) mass is 228 g/mol. The number of hydrogen-bond donors (Lipinski definition) is 1. The van der Waals surface area contributed by atoms with Crippen molar-refractivity contribution in [1.82, 2.24) is 9.55 Å². The number of aliphatic hydroxyl groups excluding tert-OH is 1. The van der Waals surface area contributed by atoms with E-state index in [1.807, 2.05) is 30.6 Å². The lowest BCUT2D eigenvalue weighted by Crippen LogP contribution is -1.99. The van der Waals surface area contributed by atoms with Crippen molar-refractivity contribution in [2.45, 2.75) is 25.5 Å². The third-order valence-electron chi connectivity index (χ3n) is 3.30. The molecule has 2 aromatic rings. The molecule has 1 saturated carbocycles. The molecular formula is C14H16N2O. The van der Waals surface area contributed by atoms with Crippen LogP contribution in [0.5, 0.6) is 0 Å². The molecule has 88 valence electrons. The lowest BCUT2D eigenvalue weighted by molar-refractivity contribution is 0.154. The maximum atomic E-state index is 10.0. The first-order chi connectivity index (χ1) is 8.33. The van der Waals surface area contributed by atoms with Crippen molar-refractivity contribution in [2.75, 3.05) is 0 Å². The molecule has 1 fully saturated rings. The van der Waals surface area contributed by atoms with Gasteiger partial charge in [0.1, 0.15) is 0 Å². The Bertz CT molecular complexity index is 488. The van der Waals surface area contributed by atoms with Crippen molar-refractivity contribution in [3.05, 3.63) is 54.1 Å². The van der Waals surface area contributed by atoms with E-state index in [0.717, 1.165) is 24.9 Å². The lowest BCUT2D eigenvalue weighted by atomic mass is 10.1. The van der Waals surface area contributed by atoms with E-state index in [1.54, 1.807) is 12.4 Å². The van der Waals surface area contributed by atoms with Crippen molar-refractivity contribution in [1.29, 1.82) is 0 Å². The van der Waals surface area contributed by atoms with Crippen LogP contribution in [0.15, 0.2) is 43.0 Å². The van der Waals surface area contributed by atoms with Crippen molar-refractivity contribution < 1.29 is 5.11 Å². The fourth-order valence-electron chi connectivity index (χ4n) is 2.12. The summed E-state index contributed by atoms with van der Waals surface area (Å²) in [5.41, 5.74) is 2.27. The number of rotatable bonds is 4. The maximum Gasteiger partial charge on any atom is 0.0832 e. The van der Waals surface area contributed by atoms with Gasteiger partial charge >= 0.3 is 0 Å². The van der Waals surface area contributed by atoms with Crippen LogP contribution in [0.3, 0.4) is 0 Å². The zero-order valence-corrected chi connectivity index (χ0v) is 9.66. The second kappa shape index (κ2) is 4.34. The van der Waals surface area contributed by atoms with Crippen LogP contribution in [0.1, 0.15) is 30.1 Å². The maximum absolute atomic E-state index is 10.0. The van der Waals surface area contributed by atoms with E-state index in [2.05, 4.69) is 9.55 Å². The largest absolute Gasteiger partial charge is 0.388 e. The molecule has 0 radical (unpaired) electrons. The minimum Gasteiger partial charge on any atom is -0.388 e. The van der Waals surface area contributed by atoms with Gasteiger partial charge in [-0.05, 0) is 48.1 Å². The van der Waals surface area contributed by atoms with Gasteiger partial charge in [0.05, 0.1) is 6.10 Å². The normalized spacial score (nSPS) is 17.0. The van der Waals surface area contributed by atoms with Crippen LogP contribution >= 0.6 is 0 Å². The molecule has 0 amide bonds. The number of aliphatic hydroxyl groups is 1. The number of nitrogens with zero attached hydrogens (tertiary/aromatic N) is 2. The number of hydrogen-bond acceptors (Lipinski definition) is 2. The van der Waals surface area contributed by atoms with Crippen LogP contribution in [0.4, 0.5) is 0 Å². The van der Waals surface area contributed by atoms with Crippen LogP contribution in [0.2, 0.25) is 0 Å². The quantitative estimate of drug-likeness (QED) is 0.872. The molecule has 0 bridgehead atoms. The van der Waals surface area contributed by atoms with Gasteiger partial charge in [0.15, 0.2) is 0 Å². The van der Waals surface area contributed by atoms with E-state index < -0.39 is 0 Å². The Morgan fingerprint density at radius 3 is 2.76 bits per heavy atom. The van der Waals surface area contributed by atoms with Gasteiger partial charge in [-0.25, -0.2) is 0 Å². The molecule has 1 N–H and O–H groups in total. The van der Waals surface area contributed by atoms with Crippen LogP contribution in [-0.4, -0.2) is 14.7 Å². The summed E-state index contributed by atoms with van der Waals surface area (Å²) >= 11 is 0. The Kier molecular flexibility index (Phi) is 2.69. The van der Waals surface area contributed by atoms with E-state index in [0.29, 0.717) is 5.92 Å². The average Bonchev–Trinajstić information content (AvgIpc) is 3.11. The first-order valence-corrected chi connectivity index (χ1v) is 6.05. The minimum absolute atomic E-state index is 0.270. The van der Waals surface area contributed by atoms with Gasteiger partial charge in [-0.2, -0.15) is 0 Å². The van der Waals surface area contributed by atoms with Crippen molar-refractivity contribution in [3.63, 3.8) is 0 Å². The predicted molar refractivity (Wildman–Crippen MR) is 65.5 cm³/mol. The second-order valence-corrected chi connectivity index (χ2v) is 4.75. The summed E-state index contributed by atoms with van der Waals surface area (Å²) in [7, 11) is 0. The van der Waals surface area contributed by atoms with Gasteiger partial charge in [-0.1, -0.05) is 0 Å². The van der Waals surface area contributed by atoms with E-state index in [4.69, 9.17) is 0 Å². The first-order valence-electron chi connectivity index (χ1n) is 6.05. The molecule has 3 rings (SSSR count). The Morgan fingerprint density at radius 1 is 1.29 bits per heavy atom. The molecule has 1 atom stereocenters. The molecule has 3 nitrogen and oxygen atoms in total. The molecular weight excluding hydrogens is 212 g/mol. The summed E-state index contributed by atoms with van der Waals surface area (Å²) in [6, 6.07) is 6.04. The molecule has 1 aliphatic rings. The number of pyridine rings is 1. The molecule has 0 aromatic carbocycles. The molecule has 0 spiro atoms. The third kappa shape index (κ3) is 2.39. The summed E-state index contributed by atoms with van der Waals surface area (Å²) in [5, 5.41) is 10.0. The van der Waals surface area contributed by atoms with E-state index in [1.165, 1.54) is 5.56 Å². The first kappa shape index (κ1) is 10.5. The third-order valence-corrected chi connectivity index (χ3v) is 3.30. The molecule has 2 heterocycles. The summed E-state index contributed by atoms with van der Waals surface area (Å²) < 4.78 is 2.11. The highest BCUT2D eigenvalue weighted by atomic mass is 16.3. The molecule has 17 heavy (non-hydrogen) atoms. The highest BCUT2D eigenvalue weighted by molar-refractivity contribution is 5.18. The van der Waals surface area contributed by atoms with E-state index >= 15 is 0 Å². The highest BCUT2D eigenvalue weighted by Crippen LogP contribution is 2.40. The fraction of sp³-hybridized carbons (Fsp3) is 0.357. The van der Waals surface area contributed by atoms with Crippen molar-refractivity contribution in [3.8, 4) is 0 Å². The fourth-order valence-corrected chi connectivity index (χ4v) is 2.12. The molecule has 2 aromatic heterocycles. The van der Waals surface area contributed by atoms with Crippen molar-refractivity contribution in [2.24, 2.45) is 5.92 Å². The van der Waals surface area contributed by atoms with Gasteiger partial charge in [-0.15, -0.1) is 0 Å². The topological polar surface area (TPSA) is 38.0 Å². The van der Waals surface area contributed by atoms with Crippen molar-refractivity contribution >= 4 is 0 Å². The molecule has 0 saturated heterocycles. The minimum atomic E-state index is -0.270. The van der Waals surface area contributed by atoms with Gasteiger partial charge in [0.2, 0.25) is 0 Å². The Hall–Kier alpha value is -1.61. The van der Waals surface area contributed by atoms with Gasteiger partial charge in [-0.3, -0.25) is 4.98 Å². The highest BCUT2D eigenvalue weighted by Gasteiger charge is 2.31. The van der Waals surface area contributed by atoms with Crippen LogP contribution in [0, 0.1) is 5.92 Å². The zero-order valence-electron chi connectivity index (χ0n) is 9.66. The van der Waals surface area contributed by atoms with Gasteiger partial charge < -0.3 is 9.67 Å². The Morgan fingerprint density at radius 2 is 2.06 bits per heavy atom.